The Kier molecular flexibility index (Phi) is 6.06. The second-order valence-electron chi connectivity index (χ2n) is 4.81. The predicted octanol–water partition coefficient (Wildman–Crippen LogP) is 3.41. The van der Waals surface area contributed by atoms with E-state index in [9.17, 15) is 5.11 Å². The van der Waals surface area contributed by atoms with Crippen LogP contribution in [0.3, 0.4) is 0 Å². The summed E-state index contributed by atoms with van der Waals surface area (Å²) in [5, 5.41) is 10.7. The van der Waals surface area contributed by atoms with Gasteiger partial charge in [-0.3, -0.25) is 0 Å². The number of hydrogen-bond donors (Lipinski definition) is 2. The molecular weight excluding hydrogens is 354 g/mol. The molecule has 2 rings (SSSR count). The molecule has 2 atom stereocenters. The Bertz CT molecular complexity index is 580. The number of aliphatic hydroxyl groups is 1. The highest BCUT2D eigenvalue weighted by Crippen LogP contribution is 2.28. The first-order chi connectivity index (χ1) is 10.1. The van der Waals surface area contributed by atoms with Gasteiger partial charge in [0, 0.05) is 11.1 Å². The van der Waals surface area contributed by atoms with Gasteiger partial charge in [-0.1, -0.05) is 41.9 Å². The highest BCUT2D eigenvalue weighted by molar-refractivity contribution is 9.10. The second kappa shape index (κ2) is 7.80. The lowest BCUT2D eigenvalue weighted by atomic mass is 10.0. The zero-order chi connectivity index (χ0) is 15.2. The fourth-order valence-corrected chi connectivity index (χ4v) is 2.71. The molecule has 0 aliphatic rings. The Hall–Kier alpha value is -1.07. The third-order valence-corrected chi connectivity index (χ3v) is 3.97. The highest BCUT2D eigenvalue weighted by atomic mass is 79.9. The van der Waals surface area contributed by atoms with E-state index in [1.54, 1.807) is 18.2 Å². The molecule has 21 heavy (non-hydrogen) atoms. The van der Waals surface area contributed by atoms with Gasteiger partial charge in [-0.25, -0.2) is 0 Å². The van der Waals surface area contributed by atoms with Crippen LogP contribution in [0.4, 0.5) is 0 Å². The fraction of sp³-hybridized carbons (Fsp3) is 0.250. The highest BCUT2D eigenvalue weighted by Gasteiger charge is 2.16. The van der Waals surface area contributed by atoms with Crippen molar-refractivity contribution in [3.63, 3.8) is 0 Å². The van der Waals surface area contributed by atoms with E-state index >= 15 is 0 Å². The number of benzene rings is 2. The lowest BCUT2D eigenvalue weighted by Crippen LogP contribution is -2.40. The zero-order valence-electron chi connectivity index (χ0n) is 11.4. The van der Waals surface area contributed by atoms with Gasteiger partial charge in [-0.2, -0.15) is 0 Å². The van der Waals surface area contributed by atoms with Crippen LogP contribution in [-0.4, -0.2) is 23.9 Å². The smallest absolute Gasteiger partial charge is 0.133 e. The summed E-state index contributed by atoms with van der Waals surface area (Å²) >= 11 is 9.23. The third-order valence-electron chi connectivity index (χ3n) is 3.11. The lowest BCUT2D eigenvalue weighted by molar-refractivity contribution is 0.0848. The Labute approximate surface area is 137 Å². The largest absolute Gasteiger partial charge is 0.490 e. The topological polar surface area (TPSA) is 55.5 Å². The minimum absolute atomic E-state index is 0.133. The van der Waals surface area contributed by atoms with Crippen molar-refractivity contribution in [3.05, 3.63) is 63.6 Å². The molecule has 0 aliphatic carbocycles. The van der Waals surface area contributed by atoms with Crippen LogP contribution in [0.15, 0.2) is 53.0 Å². The van der Waals surface area contributed by atoms with Gasteiger partial charge in [0.1, 0.15) is 18.5 Å². The van der Waals surface area contributed by atoms with Crippen LogP contribution in [0.25, 0.3) is 0 Å². The molecule has 0 aliphatic heterocycles. The van der Waals surface area contributed by atoms with E-state index in [2.05, 4.69) is 15.9 Å². The number of aliphatic hydroxyl groups excluding tert-OH is 1. The van der Waals surface area contributed by atoms with Crippen molar-refractivity contribution in [2.75, 3.05) is 6.61 Å². The summed E-state index contributed by atoms with van der Waals surface area (Å²) in [5.74, 6) is 0.630. The standard InChI is InChI=1S/C16H17BrClNO2/c17-13-9-12(18)6-7-16(13)21-10-15(20)14(19)8-11-4-2-1-3-5-11/h1-7,9,14-15,20H,8,10,19H2. The minimum atomic E-state index is -0.743. The van der Waals surface area contributed by atoms with Gasteiger partial charge in [-0.05, 0) is 46.1 Å². The van der Waals surface area contributed by atoms with Gasteiger partial charge >= 0.3 is 0 Å². The van der Waals surface area contributed by atoms with Crippen molar-refractivity contribution >= 4 is 27.5 Å². The fourth-order valence-electron chi connectivity index (χ4n) is 1.91. The molecule has 0 heterocycles. The predicted molar refractivity (Wildman–Crippen MR) is 88.8 cm³/mol. The molecular formula is C16H17BrClNO2. The molecule has 2 unspecified atom stereocenters. The Morgan fingerprint density at radius 3 is 2.57 bits per heavy atom. The summed E-state index contributed by atoms with van der Waals surface area (Å²) in [6.45, 7) is 0.133. The van der Waals surface area contributed by atoms with Crippen LogP contribution in [0.5, 0.6) is 5.75 Å². The van der Waals surface area contributed by atoms with Gasteiger partial charge < -0.3 is 15.6 Å². The molecule has 0 saturated heterocycles. The molecule has 3 nitrogen and oxygen atoms in total. The van der Waals surface area contributed by atoms with Crippen molar-refractivity contribution in [2.45, 2.75) is 18.6 Å². The first-order valence-corrected chi connectivity index (χ1v) is 7.79. The van der Waals surface area contributed by atoms with E-state index in [-0.39, 0.29) is 12.6 Å². The molecule has 3 N–H and O–H groups in total. The van der Waals surface area contributed by atoms with Gasteiger partial charge in [0.15, 0.2) is 0 Å². The Morgan fingerprint density at radius 2 is 1.90 bits per heavy atom. The van der Waals surface area contributed by atoms with E-state index in [1.807, 2.05) is 30.3 Å². The maximum atomic E-state index is 10.1. The average molecular weight is 371 g/mol. The number of hydrogen-bond acceptors (Lipinski definition) is 3. The van der Waals surface area contributed by atoms with E-state index in [1.165, 1.54) is 0 Å². The molecule has 0 saturated carbocycles. The average Bonchev–Trinajstić information content (AvgIpc) is 2.47. The quantitative estimate of drug-likeness (QED) is 0.819. The molecule has 5 heteroatoms. The Morgan fingerprint density at radius 1 is 1.19 bits per heavy atom. The van der Waals surface area contributed by atoms with Crippen LogP contribution in [0, 0.1) is 0 Å². The van der Waals surface area contributed by atoms with Gasteiger partial charge in [0.25, 0.3) is 0 Å². The van der Waals surface area contributed by atoms with Crippen molar-refractivity contribution in [1.82, 2.24) is 0 Å². The molecule has 112 valence electrons. The van der Waals surface area contributed by atoms with E-state index in [0.717, 1.165) is 10.0 Å². The molecule has 0 bridgehead atoms. The van der Waals surface area contributed by atoms with Crippen molar-refractivity contribution in [2.24, 2.45) is 5.73 Å². The van der Waals surface area contributed by atoms with E-state index in [0.29, 0.717) is 17.2 Å². The maximum absolute atomic E-state index is 10.1. The first kappa shape index (κ1) is 16.3. The number of ether oxygens (including phenoxy) is 1. The molecule has 0 aromatic heterocycles. The van der Waals surface area contributed by atoms with Crippen molar-refractivity contribution in [1.29, 1.82) is 0 Å². The number of halogens is 2. The molecule has 2 aromatic carbocycles. The molecule has 0 amide bonds. The molecule has 0 spiro atoms. The third kappa shape index (κ3) is 5.00. The molecule has 0 radical (unpaired) electrons. The van der Waals surface area contributed by atoms with Crippen LogP contribution in [0.1, 0.15) is 5.56 Å². The summed E-state index contributed by atoms with van der Waals surface area (Å²) in [6, 6.07) is 14.7. The van der Waals surface area contributed by atoms with Crippen LogP contribution < -0.4 is 10.5 Å². The van der Waals surface area contributed by atoms with Gasteiger partial charge in [0.05, 0.1) is 4.47 Å². The van der Waals surface area contributed by atoms with Gasteiger partial charge in [-0.15, -0.1) is 0 Å². The van der Waals surface area contributed by atoms with Crippen LogP contribution in [-0.2, 0) is 6.42 Å². The summed E-state index contributed by atoms with van der Waals surface area (Å²) in [6.07, 6.45) is -0.138. The zero-order valence-corrected chi connectivity index (χ0v) is 13.7. The van der Waals surface area contributed by atoms with E-state index in [4.69, 9.17) is 22.1 Å². The SMILES string of the molecule is NC(Cc1ccccc1)C(O)COc1ccc(Cl)cc1Br. The van der Waals surface area contributed by atoms with Crippen molar-refractivity contribution in [3.8, 4) is 5.75 Å². The normalized spacial score (nSPS) is 13.7. The van der Waals surface area contributed by atoms with Gasteiger partial charge in [0.2, 0.25) is 0 Å². The van der Waals surface area contributed by atoms with Crippen molar-refractivity contribution < 1.29 is 9.84 Å². The summed E-state index contributed by atoms with van der Waals surface area (Å²) in [5.41, 5.74) is 7.11. The van der Waals surface area contributed by atoms with Crippen LogP contribution in [0.2, 0.25) is 5.02 Å². The number of rotatable bonds is 6. The monoisotopic (exact) mass is 369 g/mol. The summed E-state index contributed by atoms with van der Waals surface area (Å²) in [4.78, 5) is 0. The summed E-state index contributed by atoms with van der Waals surface area (Å²) < 4.78 is 6.33. The Balaban J connectivity index is 1.87. The maximum Gasteiger partial charge on any atom is 0.133 e. The lowest BCUT2D eigenvalue weighted by Gasteiger charge is -2.19. The second-order valence-corrected chi connectivity index (χ2v) is 6.10. The summed E-state index contributed by atoms with van der Waals surface area (Å²) in [7, 11) is 0. The minimum Gasteiger partial charge on any atom is -0.490 e. The molecule has 2 aromatic rings. The van der Waals surface area contributed by atoms with E-state index < -0.39 is 6.10 Å². The molecule has 0 fully saturated rings. The first-order valence-electron chi connectivity index (χ1n) is 6.61. The number of nitrogens with two attached hydrogens (primary N) is 1. The van der Waals surface area contributed by atoms with Crippen LogP contribution >= 0.6 is 27.5 Å².